The zero-order valence-electron chi connectivity index (χ0n) is 10.2. The van der Waals surface area contributed by atoms with Crippen LogP contribution in [-0.2, 0) is 4.79 Å². The fourth-order valence-electron chi connectivity index (χ4n) is 2.39. The zero-order valence-corrected chi connectivity index (χ0v) is 10.2. The van der Waals surface area contributed by atoms with E-state index in [2.05, 4.69) is 17.3 Å². The molecule has 90 valence electrons. The van der Waals surface area contributed by atoms with Crippen LogP contribution in [0.5, 0.6) is 0 Å². The molecule has 3 nitrogen and oxygen atoms in total. The van der Waals surface area contributed by atoms with Crippen LogP contribution < -0.4 is 5.32 Å². The molecular formula is C15H14N2O. The predicted octanol–water partition coefficient (Wildman–Crippen LogP) is 2.55. The number of carbonyl (C=O) groups excluding carboxylic acids is 1. The molecule has 0 unspecified atom stereocenters. The van der Waals surface area contributed by atoms with E-state index in [0.717, 1.165) is 0 Å². The first-order valence-corrected chi connectivity index (χ1v) is 5.89. The van der Waals surface area contributed by atoms with E-state index in [0.29, 0.717) is 30.0 Å². The normalized spacial score (nSPS) is 25.4. The average molecular weight is 238 g/mol. The molecule has 1 fully saturated rings. The molecule has 0 atom stereocenters. The summed E-state index contributed by atoms with van der Waals surface area (Å²) in [5.74, 6) is 2.72. The second-order valence-electron chi connectivity index (χ2n) is 4.89. The van der Waals surface area contributed by atoms with E-state index in [-0.39, 0.29) is 5.91 Å². The molecule has 0 bridgehead atoms. The Hall–Kier alpha value is -2.26. The van der Waals surface area contributed by atoms with Crippen molar-refractivity contribution >= 4 is 11.6 Å². The van der Waals surface area contributed by atoms with E-state index in [9.17, 15) is 4.79 Å². The van der Waals surface area contributed by atoms with Crippen molar-refractivity contribution in [2.45, 2.75) is 19.8 Å². The Morgan fingerprint density at radius 3 is 2.83 bits per heavy atom. The number of hydrogen-bond acceptors (Lipinski definition) is 2. The molecule has 18 heavy (non-hydrogen) atoms. The summed E-state index contributed by atoms with van der Waals surface area (Å²) >= 11 is 0. The van der Waals surface area contributed by atoms with Crippen LogP contribution in [0.2, 0.25) is 0 Å². The number of nitriles is 1. The SMILES string of the molecule is C#Cc1cccc(NC(=O)C2(C#N)CC(C)C2)c1. The topological polar surface area (TPSA) is 52.9 Å². The molecular weight excluding hydrogens is 224 g/mol. The average Bonchev–Trinajstić information content (AvgIpc) is 2.34. The highest BCUT2D eigenvalue weighted by atomic mass is 16.2. The van der Waals surface area contributed by atoms with Gasteiger partial charge < -0.3 is 5.32 Å². The smallest absolute Gasteiger partial charge is 0.244 e. The highest BCUT2D eigenvalue weighted by molar-refractivity contribution is 5.98. The van der Waals surface area contributed by atoms with Gasteiger partial charge in [0.1, 0.15) is 5.41 Å². The fourth-order valence-corrected chi connectivity index (χ4v) is 2.39. The van der Waals surface area contributed by atoms with Crippen LogP contribution in [0.15, 0.2) is 24.3 Å². The molecule has 0 saturated heterocycles. The van der Waals surface area contributed by atoms with E-state index in [1.54, 1.807) is 24.3 Å². The zero-order chi connectivity index (χ0) is 13.2. The van der Waals surface area contributed by atoms with Crippen LogP contribution in [-0.4, -0.2) is 5.91 Å². The molecule has 0 radical (unpaired) electrons. The quantitative estimate of drug-likeness (QED) is 0.805. The summed E-state index contributed by atoms with van der Waals surface area (Å²) in [4.78, 5) is 12.1. The van der Waals surface area contributed by atoms with Crippen molar-refractivity contribution in [1.82, 2.24) is 0 Å². The minimum atomic E-state index is -0.856. The van der Waals surface area contributed by atoms with Gasteiger partial charge in [-0.05, 0) is 37.0 Å². The van der Waals surface area contributed by atoms with Crippen molar-refractivity contribution in [1.29, 1.82) is 5.26 Å². The second kappa shape index (κ2) is 4.55. The van der Waals surface area contributed by atoms with Crippen molar-refractivity contribution in [2.24, 2.45) is 11.3 Å². The summed E-state index contributed by atoms with van der Waals surface area (Å²) in [6.45, 7) is 2.04. The number of rotatable bonds is 2. The Morgan fingerprint density at radius 2 is 2.28 bits per heavy atom. The molecule has 1 aromatic rings. The van der Waals surface area contributed by atoms with Gasteiger partial charge in [0, 0.05) is 11.3 Å². The highest BCUT2D eigenvalue weighted by Gasteiger charge is 2.48. The molecule has 1 saturated carbocycles. The summed E-state index contributed by atoms with van der Waals surface area (Å²) in [6.07, 6.45) is 6.56. The lowest BCUT2D eigenvalue weighted by Crippen LogP contribution is -2.45. The molecule has 2 rings (SSSR count). The number of carbonyl (C=O) groups is 1. The number of nitrogens with zero attached hydrogens (tertiary/aromatic N) is 1. The van der Waals surface area contributed by atoms with Gasteiger partial charge in [-0.2, -0.15) is 5.26 Å². The minimum Gasteiger partial charge on any atom is -0.325 e. The number of anilines is 1. The van der Waals surface area contributed by atoms with Gasteiger partial charge in [-0.25, -0.2) is 0 Å². The molecule has 1 aromatic carbocycles. The molecule has 0 aliphatic heterocycles. The van der Waals surface area contributed by atoms with Crippen LogP contribution in [0.1, 0.15) is 25.3 Å². The summed E-state index contributed by atoms with van der Waals surface area (Å²) in [5, 5.41) is 11.9. The lowest BCUT2D eigenvalue weighted by atomic mass is 9.63. The molecule has 1 amide bonds. The van der Waals surface area contributed by atoms with Gasteiger partial charge in [0.05, 0.1) is 6.07 Å². The number of nitrogens with one attached hydrogen (secondary N) is 1. The molecule has 3 heteroatoms. The van der Waals surface area contributed by atoms with Gasteiger partial charge in [0.2, 0.25) is 5.91 Å². The molecule has 0 aromatic heterocycles. The Kier molecular flexibility index (Phi) is 3.08. The summed E-state index contributed by atoms with van der Waals surface area (Å²) < 4.78 is 0. The van der Waals surface area contributed by atoms with Crippen molar-refractivity contribution in [2.75, 3.05) is 5.32 Å². The monoisotopic (exact) mass is 238 g/mol. The predicted molar refractivity (Wildman–Crippen MR) is 69.5 cm³/mol. The number of terminal acetylenes is 1. The van der Waals surface area contributed by atoms with Crippen molar-refractivity contribution in [3.05, 3.63) is 29.8 Å². The highest BCUT2D eigenvalue weighted by Crippen LogP contribution is 2.45. The largest absolute Gasteiger partial charge is 0.325 e. The van der Waals surface area contributed by atoms with Crippen LogP contribution >= 0.6 is 0 Å². The Labute approximate surface area is 107 Å². The van der Waals surface area contributed by atoms with Crippen LogP contribution in [0, 0.1) is 35.0 Å². The van der Waals surface area contributed by atoms with Crippen molar-refractivity contribution < 1.29 is 4.79 Å². The Balaban J connectivity index is 2.12. The third-order valence-electron chi connectivity index (χ3n) is 3.33. The first-order chi connectivity index (χ1) is 8.59. The molecule has 1 N–H and O–H groups in total. The molecule has 1 aliphatic rings. The first kappa shape index (κ1) is 12.2. The lowest BCUT2D eigenvalue weighted by molar-refractivity contribution is -0.128. The Morgan fingerprint density at radius 1 is 1.56 bits per heavy atom. The van der Waals surface area contributed by atoms with E-state index in [1.165, 1.54) is 0 Å². The van der Waals surface area contributed by atoms with E-state index < -0.39 is 5.41 Å². The maximum absolute atomic E-state index is 12.1. The maximum atomic E-state index is 12.1. The van der Waals surface area contributed by atoms with Gasteiger partial charge in [0.15, 0.2) is 0 Å². The van der Waals surface area contributed by atoms with E-state index in [1.807, 2.05) is 6.92 Å². The summed E-state index contributed by atoms with van der Waals surface area (Å²) in [6, 6.07) is 9.22. The van der Waals surface area contributed by atoms with Crippen LogP contribution in [0.3, 0.4) is 0 Å². The first-order valence-electron chi connectivity index (χ1n) is 5.89. The third kappa shape index (κ3) is 2.08. The maximum Gasteiger partial charge on any atom is 0.244 e. The minimum absolute atomic E-state index is 0.225. The van der Waals surface area contributed by atoms with Crippen LogP contribution in [0.4, 0.5) is 5.69 Å². The van der Waals surface area contributed by atoms with Crippen molar-refractivity contribution in [3.63, 3.8) is 0 Å². The molecule has 0 heterocycles. The number of amides is 1. The van der Waals surface area contributed by atoms with Gasteiger partial charge in [0.25, 0.3) is 0 Å². The van der Waals surface area contributed by atoms with Gasteiger partial charge >= 0.3 is 0 Å². The lowest BCUT2D eigenvalue weighted by Gasteiger charge is -2.39. The standard InChI is InChI=1S/C15H14N2O/c1-3-12-5-4-6-13(7-12)17-14(18)15(10-16)8-11(2)9-15/h1,4-7,11H,8-9H2,2H3,(H,17,18). The van der Waals surface area contributed by atoms with Gasteiger partial charge in [-0.1, -0.05) is 18.9 Å². The van der Waals surface area contributed by atoms with E-state index in [4.69, 9.17) is 11.7 Å². The van der Waals surface area contributed by atoms with Crippen LogP contribution in [0.25, 0.3) is 0 Å². The summed E-state index contributed by atoms with van der Waals surface area (Å²) in [7, 11) is 0. The number of benzene rings is 1. The van der Waals surface area contributed by atoms with E-state index >= 15 is 0 Å². The fraction of sp³-hybridized carbons (Fsp3) is 0.333. The second-order valence-corrected chi connectivity index (χ2v) is 4.89. The van der Waals surface area contributed by atoms with Gasteiger partial charge in [-0.15, -0.1) is 6.42 Å². The third-order valence-corrected chi connectivity index (χ3v) is 3.33. The molecule has 0 spiro atoms. The summed E-state index contributed by atoms with van der Waals surface area (Å²) in [5.41, 5.74) is 0.497. The Bertz CT molecular complexity index is 557. The molecule has 1 aliphatic carbocycles. The number of hydrogen-bond donors (Lipinski definition) is 1. The van der Waals surface area contributed by atoms with Crippen molar-refractivity contribution in [3.8, 4) is 18.4 Å². The van der Waals surface area contributed by atoms with Gasteiger partial charge in [-0.3, -0.25) is 4.79 Å².